The molecule has 4 nitrogen and oxygen atoms in total. The molecular weight excluding hydrogens is 376 g/mol. The van der Waals surface area contributed by atoms with Crippen LogP contribution in [0.1, 0.15) is 48.3 Å². The third-order valence-corrected chi connectivity index (χ3v) is 6.46. The number of anilines is 1. The fourth-order valence-corrected chi connectivity index (χ4v) is 4.38. The van der Waals surface area contributed by atoms with Crippen molar-refractivity contribution in [1.82, 2.24) is 0 Å². The Morgan fingerprint density at radius 3 is 2.66 bits per heavy atom. The first-order valence-electron chi connectivity index (χ1n) is 10.2. The number of hydrogen-bond donors (Lipinski definition) is 1. The van der Waals surface area contributed by atoms with Gasteiger partial charge in [0.1, 0.15) is 5.75 Å². The molecule has 1 heterocycles. The van der Waals surface area contributed by atoms with Crippen molar-refractivity contribution in [3.63, 3.8) is 0 Å². The molecule has 29 heavy (non-hydrogen) atoms. The molecule has 2 atom stereocenters. The number of carboxylic acid groups (broad SMARTS) is 1. The summed E-state index contributed by atoms with van der Waals surface area (Å²) in [5, 5.41) is 9.15. The molecule has 6 heteroatoms. The van der Waals surface area contributed by atoms with E-state index in [0.717, 1.165) is 42.0 Å². The van der Waals surface area contributed by atoms with Gasteiger partial charge in [0, 0.05) is 25.2 Å². The summed E-state index contributed by atoms with van der Waals surface area (Å²) in [6.07, 6.45) is 4.53. The fourth-order valence-electron chi connectivity index (χ4n) is 4.38. The van der Waals surface area contributed by atoms with Crippen LogP contribution >= 0.6 is 0 Å². The van der Waals surface area contributed by atoms with Gasteiger partial charge in [-0.3, -0.25) is 4.79 Å². The molecular formula is C23H23F2NO3. The van der Waals surface area contributed by atoms with Crippen molar-refractivity contribution < 1.29 is 23.4 Å². The highest BCUT2D eigenvalue weighted by molar-refractivity contribution is 5.75. The quantitative estimate of drug-likeness (QED) is 0.795. The zero-order valence-corrected chi connectivity index (χ0v) is 16.0. The van der Waals surface area contributed by atoms with Crippen molar-refractivity contribution in [3.05, 3.63) is 58.7 Å². The molecule has 1 aliphatic heterocycles. The molecule has 0 saturated heterocycles. The summed E-state index contributed by atoms with van der Waals surface area (Å²) in [5.41, 5.74) is 3.54. The Balaban J connectivity index is 1.36. The first kappa shape index (κ1) is 18.4. The molecule has 2 saturated carbocycles. The molecule has 2 aromatic carbocycles. The van der Waals surface area contributed by atoms with Crippen LogP contribution in [0.25, 0.3) is 0 Å². The van der Waals surface area contributed by atoms with Gasteiger partial charge in [-0.15, -0.1) is 0 Å². The lowest BCUT2D eigenvalue weighted by molar-refractivity contribution is -0.138. The monoisotopic (exact) mass is 399 g/mol. The third kappa shape index (κ3) is 3.45. The maximum Gasteiger partial charge on any atom is 0.307 e. The topological polar surface area (TPSA) is 49.8 Å². The van der Waals surface area contributed by atoms with Crippen molar-refractivity contribution in [2.45, 2.75) is 50.7 Å². The summed E-state index contributed by atoms with van der Waals surface area (Å²) >= 11 is 0. The van der Waals surface area contributed by atoms with E-state index in [4.69, 9.17) is 9.84 Å². The van der Waals surface area contributed by atoms with Crippen molar-refractivity contribution in [2.24, 2.45) is 5.92 Å². The summed E-state index contributed by atoms with van der Waals surface area (Å²) in [4.78, 5) is 13.0. The predicted molar refractivity (Wildman–Crippen MR) is 104 cm³/mol. The lowest BCUT2D eigenvalue weighted by Gasteiger charge is -2.32. The van der Waals surface area contributed by atoms with Gasteiger partial charge in [0.05, 0.1) is 17.7 Å². The molecule has 2 aromatic rings. The molecule has 2 aliphatic carbocycles. The van der Waals surface area contributed by atoms with Crippen molar-refractivity contribution in [2.75, 3.05) is 11.4 Å². The lowest BCUT2D eigenvalue weighted by Crippen LogP contribution is -2.31. The zero-order valence-electron chi connectivity index (χ0n) is 16.0. The van der Waals surface area contributed by atoms with Gasteiger partial charge in [-0.1, -0.05) is 18.2 Å². The van der Waals surface area contributed by atoms with E-state index in [-0.39, 0.29) is 23.6 Å². The average molecular weight is 399 g/mol. The van der Waals surface area contributed by atoms with Crippen LogP contribution in [0.3, 0.4) is 0 Å². The Bertz CT molecular complexity index is 973. The molecule has 3 aliphatic rings. The van der Waals surface area contributed by atoms with E-state index < -0.39 is 17.6 Å². The number of halogens is 2. The molecule has 0 radical (unpaired) electrons. The van der Waals surface area contributed by atoms with Crippen LogP contribution in [0.15, 0.2) is 30.3 Å². The van der Waals surface area contributed by atoms with Gasteiger partial charge >= 0.3 is 5.97 Å². The lowest BCUT2D eigenvalue weighted by atomic mass is 9.95. The maximum absolute atomic E-state index is 14.5. The minimum atomic E-state index is -0.883. The SMILES string of the molecule is O=C(O)[C@H]1C[C@@H]1c1ccc2c(c1)CCN(c1cc(OC3CCC3)cc(F)c1F)C2. The Morgan fingerprint density at radius 1 is 1.14 bits per heavy atom. The first-order chi connectivity index (χ1) is 14.0. The Kier molecular flexibility index (Phi) is 4.45. The Hall–Kier alpha value is -2.63. The fraction of sp³-hybridized carbons (Fsp3) is 0.435. The zero-order chi connectivity index (χ0) is 20.1. The summed E-state index contributed by atoms with van der Waals surface area (Å²) in [5.74, 6) is -2.25. The van der Waals surface area contributed by atoms with E-state index in [1.54, 1.807) is 6.07 Å². The Labute approximate surface area is 168 Å². The maximum atomic E-state index is 14.5. The second kappa shape index (κ2) is 7.01. The van der Waals surface area contributed by atoms with E-state index >= 15 is 0 Å². The summed E-state index contributed by atoms with van der Waals surface area (Å²) in [6, 6.07) is 8.81. The van der Waals surface area contributed by atoms with Crippen LogP contribution in [0.2, 0.25) is 0 Å². The average Bonchev–Trinajstić information content (AvgIpc) is 3.47. The summed E-state index contributed by atoms with van der Waals surface area (Å²) in [7, 11) is 0. The van der Waals surface area contributed by atoms with Crippen LogP contribution in [0.5, 0.6) is 5.75 Å². The van der Waals surface area contributed by atoms with E-state index in [1.165, 1.54) is 0 Å². The molecule has 152 valence electrons. The summed E-state index contributed by atoms with van der Waals surface area (Å²) in [6.45, 7) is 1.07. The number of rotatable bonds is 5. The van der Waals surface area contributed by atoms with Crippen molar-refractivity contribution in [3.8, 4) is 5.75 Å². The molecule has 0 amide bonds. The van der Waals surface area contributed by atoms with Gasteiger partial charge in [-0.05, 0) is 54.7 Å². The van der Waals surface area contributed by atoms with Gasteiger partial charge in [0.2, 0.25) is 0 Å². The van der Waals surface area contributed by atoms with Crippen molar-refractivity contribution >= 4 is 11.7 Å². The van der Waals surface area contributed by atoms with Gasteiger partial charge in [-0.2, -0.15) is 0 Å². The van der Waals surface area contributed by atoms with Crippen LogP contribution < -0.4 is 9.64 Å². The summed E-state index contributed by atoms with van der Waals surface area (Å²) < 4.78 is 34.5. The van der Waals surface area contributed by atoms with E-state index in [0.29, 0.717) is 31.7 Å². The van der Waals surface area contributed by atoms with Gasteiger partial charge < -0.3 is 14.7 Å². The minimum Gasteiger partial charge on any atom is -0.490 e. The number of fused-ring (bicyclic) bond motifs is 1. The normalized spacial score (nSPS) is 23.3. The highest BCUT2D eigenvalue weighted by Crippen LogP contribution is 2.48. The van der Waals surface area contributed by atoms with Crippen LogP contribution in [-0.4, -0.2) is 23.7 Å². The molecule has 5 rings (SSSR count). The van der Waals surface area contributed by atoms with Crippen LogP contribution in [0, 0.1) is 17.6 Å². The molecule has 2 fully saturated rings. The third-order valence-electron chi connectivity index (χ3n) is 6.46. The van der Waals surface area contributed by atoms with Gasteiger partial charge in [0.25, 0.3) is 0 Å². The molecule has 0 unspecified atom stereocenters. The highest BCUT2D eigenvalue weighted by atomic mass is 19.2. The molecule has 1 N–H and O–H groups in total. The first-order valence-corrected chi connectivity index (χ1v) is 10.2. The standard InChI is InChI=1S/C23H23F2NO3/c24-20-9-17(29-16-2-1-3-16)10-21(22(20)25)26-7-6-13-8-14(4-5-15(13)12-26)18-11-19(18)23(27)28/h4-5,8-10,16,18-19H,1-3,6-7,11-12H2,(H,27,28)/t18-,19+/m1/s1. The van der Waals surface area contributed by atoms with Crippen LogP contribution in [0.4, 0.5) is 14.5 Å². The number of benzene rings is 2. The highest BCUT2D eigenvalue weighted by Gasteiger charge is 2.44. The Morgan fingerprint density at radius 2 is 1.97 bits per heavy atom. The van der Waals surface area contributed by atoms with E-state index in [9.17, 15) is 13.6 Å². The number of hydrogen-bond acceptors (Lipinski definition) is 3. The molecule has 0 bridgehead atoms. The second-order valence-electron chi connectivity index (χ2n) is 8.40. The number of aliphatic carboxylic acids is 1. The molecule has 0 aromatic heterocycles. The largest absolute Gasteiger partial charge is 0.490 e. The van der Waals surface area contributed by atoms with E-state index in [2.05, 4.69) is 6.07 Å². The van der Waals surface area contributed by atoms with E-state index in [1.807, 2.05) is 17.0 Å². The minimum absolute atomic E-state index is 0.0997. The van der Waals surface area contributed by atoms with Gasteiger partial charge in [-0.25, -0.2) is 8.78 Å². The number of carboxylic acids is 1. The number of ether oxygens (including phenoxy) is 1. The van der Waals surface area contributed by atoms with Crippen LogP contribution in [-0.2, 0) is 17.8 Å². The number of nitrogens with zero attached hydrogens (tertiary/aromatic N) is 1. The van der Waals surface area contributed by atoms with Crippen molar-refractivity contribution in [1.29, 1.82) is 0 Å². The smallest absolute Gasteiger partial charge is 0.307 e. The second-order valence-corrected chi connectivity index (χ2v) is 8.40. The predicted octanol–water partition coefficient (Wildman–Crippen LogP) is 4.65. The van der Waals surface area contributed by atoms with Gasteiger partial charge in [0.15, 0.2) is 11.6 Å². The molecule has 0 spiro atoms. The number of carbonyl (C=O) groups is 1.